The molecule has 0 aliphatic carbocycles. The van der Waals surface area contributed by atoms with Gasteiger partial charge in [-0.3, -0.25) is 14.9 Å². The third kappa shape index (κ3) is 4.24. The summed E-state index contributed by atoms with van der Waals surface area (Å²) in [7, 11) is 0. The van der Waals surface area contributed by atoms with Crippen LogP contribution in [0.15, 0.2) is 34.7 Å². The van der Waals surface area contributed by atoms with Gasteiger partial charge in [0.2, 0.25) is 5.76 Å². The molecule has 0 aliphatic rings. The van der Waals surface area contributed by atoms with E-state index >= 15 is 0 Å². The highest BCUT2D eigenvalue weighted by molar-refractivity contribution is 6.36. The predicted octanol–water partition coefficient (Wildman–Crippen LogP) is 3.68. The average Bonchev–Trinajstić information content (AvgIpc) is 3.00. The second kappa shape index (κ2) is 7.33. The summed E-state index contributed by atoms with van der Waals surface area (Å²) in [6.07, 6.45) is -1.19. The molecule has 0 saturated heterocycles. The Morgan fingerprint density at radius 1 is 1.29 bits per heavy atom. The highest BCUT2D eigenvalue weighted by Gasteiger charge is 2.23. The largest absolute Gasteiger partial charge is 0.447 e. The van der Waals surface area contributed by atoms with Crippen LogP contribution in [0.4, 0.5) is 11.6 Å². The number of nitro groups is 1. The van der Waals surface area contributed by atoms with E-state index in [2.05, 4.69) is 5.32 Å². The molecule has 1 aromatic carbocycles. The third-order valence-electron chi connectivity index (χ3n) is 2.81. The zero-order valence-corrected chi connectivity index (χ0v) is 13.6. The highest BCUT2D eigenvalue weighted by Crippen LogP contribution is 2.25. The second-order valence-corrected chi connectivity index (χ2v) is 5.40. The van der Waals surface area contributed by atoms with Crippen molar-refractivity contribution < 1.29 is 23.7 Å². The number of carbonyl (C=O) groups excluding carboxylic acids is 2. The number of carbonyl (C=O) groups is 2. The Kier molecular flexibility index (Phi) is 5.42. The van der Waals surface area contributed by atoms with Crippen LogP contribution in [0, 0.1) is 10.1 Å². The molecule has 0 radical (unpaired) electrons. The Bertz CT molecular complexity index is 804. The molecule has 0 spiro atoms. The number of nitrogens with zero attached hydrogens (tertiary/aromatic N) is 1. The lowest BCUT2D eigenvalue weighted by molar-refractivity contribution is -0.402. The molecule has 2 aromatic rings. The number of furan rings is 1. The monoisotopic (exact) mass is 372 g/mol. The van der Waals surface area contributed by atoms with E-state index in [4.69, 9.17) is 32.4 Å². The first-order valence-electron chi connectivity index (χ1n) is 6.49. The number of amides is 1. The molecule has 0 saturated carbocycles. The van der Waals surface area contributed by atoms with Crippen LogP contribution in [-0.4, -0.2) is 22.9 Å². The van der Waals surface area contributed by atoms with Crippen LogP contribution in [0.2, 0.25) is 10.0 Å². The summed E-state index contributed by atoms with van der Waals surface area (Å²) < 4.78 is 9.59. The van der Waals surface area contributed by atoms with Crippen molar-refractivity contribution in [3.8, 4) is 0 Å². The first kappa shape index (κ1) is 17.8. The fraction of sp³-hybridized carbons (Fsp3) is 0.143. The fourth-order valence-corrected chi connectivity index (χ4v) is 2.09. The zero-order chi connectivity index (χ0) is 17.9. The van der Waals surface area contributed by atoms with Gasteiger partial charge in [0.15, 0.2) is 6.10 Å². The number of nitrogens with one attached hydrogen (secondary N) is 1. The lowest BCUT2D eigenvalue weighted by atomic mass is 10.3. The Balaban J connectivity index is 2.00. The quantitative estimate of drug-likeness (QED) is 0.486. The maximum atomic E-state index is 12.0. The van der Waals surface area contributed by atoms with E-state index in [1.807, 2.05) is 0 Å². The van der Waals surface area contributed by atoms with E-state index in [9.17, 15) is 19.7 Å². The van der Waals surface area contributed by atoms with Gasteiger partial charge < -0.3 is 14.5 Å². The minimum atomic E-state index is -1.19. The summed E-state index contributed by atoms with van der Waals surface area (Å²) >= 11 is 11.7. The maximum absolute atomic E-state index is 12.0. The van der Waals surface area contributed by atoms with Gasteiger partial charge in [-0.2, -0.15) is 0 Å². The molecule has 1 heterocycles. The highest BCUT2D eigenvalue weighted by atomic mass is 35.5. The van der Waals surface area contributed by atoms with Crippen molar-refractivity contribution in [1.82, 2.24) is 0 Å². The summed E-state index contributed by atoms with van der Waals surface area (Å²) in [4.78, 5) is 33.5. The number of hydrogen-bond donors (Lipinski definition) is 1. The number of halogens is 2. The normalized spacial score (nSPS) is 11.6. The first-order valence-corrected chi connectivity index (χ1v) is 7.24. The minimum absolute atomic E-state index is 0.219. The van der Waals surface area contributed by atoms with Gasteiger partial charge in [-0.1, -0.05) is 23.2 Å². The van der Waals surface area contributed by atoms with E-state index < -0.39 is 28.8 Å². The lowest BCUT2D eigenvalue weighted by Gasteiger charge is -2.13. The smallest absolute Gasteiger partial charge is 0.433 e. The van der Waals surface area contributed by atoms with Crippen molar-refractivity contribution >= 4 is 46.6 Å². The molecule has 10 heteroatoms. The van der Waals surface area contributed by atoms with Crippen LogP contribution >= 0.6 is 23.2 Å². The van der Waals surface area contributed by atoms with E-state index in [-0.39, 0.29) is 10.8 Å². The molecule has 126 valence electrons. The van der Waals surface area contributed by atoms with Crippen LogP contribution in [0.25, 0.3) is 0 Å². The van der Waals surface area contributed by atoms with Gasteiger partial charge in [0, 0.05) is 5.02 Å². The lowest BCUT2D eigenvalue weighted by Crippen LogP contribution is -2.30. The Morgan fingerprint density at radius 2 is 2.00 bits per heavy atom. The molecule has 24 heavy (non-hydrogen) atoms. The molecule has 0 aliphatic heterocycles. The summed E-state index contributed by atoms with van der Waals surface area (Å²) in [5.74, 6) is -2.64. The van der Waals surface area contributed by atoms with Gasteiger partial charge >= 0.3 is 11.9 Å². The van der Waals surface area contributed by atoms with E-state index in [1.165, 1.54) is 25.1 Å². The standard InChI is InChI=1S/C14H10Cl2N2O6/c1-7(13(19)17-10-3-2-8(15)6-9(10)16)23-14(20)11-4-5-12(24-11)18(21)22/h2-7H,1H3,(H,17,19). The minimum Gasteiger partial charge on any atom is -0.447 e. The van der Waals surface area contributed by atoms with Crippen LogP contribution in [0.3, 0.4) is 0 Å². The zero-order valence-electron chi connectivity index (χ0n) is 12.1. The molecular weight excluding hydrogens is 363 g/mol. The number of benzene rings is 1. The van der Waals surface area contributed by atoms with E-state index in [0.29, 0.717) is 10.7 Å². The van der Waals surface area contributed by atoms with Gasteiger partial charge in [-0.05, 0) is 31.2 Å². The van der Waals surface area contributed by atoms with Gasteiger partial charge in [0.25, 0.3) is 5.91 Å². The van der Waals surface area contributed by atoms with Crippen LogP contribution in [0.1, 0.15) is 17.5 Å². The van der Waals surface area contributed by atoms with E-state index in [1.54, 1.807) is 0 Å². The van der Waals surface area contributed by atoms with Crippen molar-refractivity contribution in [2.24, 2.45) is 0 Å². The number of ether oxygens (including phenoxy) is 1. The predicted molar refractivity (Wildman–Crippen MR) is 85.3 cm³/mol. The van der Waals surface area contributed by atoms with Crippen molar-refractivity contribution in [2.45, 2.75) is 13.0 Å². The first-order chi connectivity index (χ1) is 11.3. The third-order valence-corrected chi connectivity index (χ3v) is 3.36. The number of hydrogen-bond acceptors (Lipinski definition) is 6. The molecule has 1 N–H and O–H groups in total. The van der Waals surface area contributed by atoms with Gasteiger partial charge in [0.05, 0.1) is 16.8 Å². The summed E-state index contributed by atoms with van der Waals surface area (Å²) in [6, 6.07) is 6.56. The van der Waals surface area contributed by atoms with Gasteiger partial charge in [-0.25, -0.2) is 4.79 Å². The Hall–Kier alpha value is -2.58. The molecule has 1 aromatic heterocycles. The van der Waals surface area contributed by atoms with Crippen molar-refractivity contribution in [3.63, 3.8) is 0 Å². The van der Waals surface area contributed by atoms with Crippen molar-refractivity contribution in [1.29, 1.82) is 0 Å². The summed E-state index contributed by atoms with van der Waals surface area (Å²) in [6.45, 7) is 1.33. The molecule has 8 nitrogen and oxygen atoms in total. The molecule has 2 rings (SSSR count). The molecular formula is C14H10Cl2N2O6. The molecule has 0 fully saturated rings. The SMILES string of the molecule is CC(OC(=O)c1ccc([N+](=O)[O-])o1)C(=O)Nc1ccc(Cl)cc1Cl. The summed E-state index contributed by atoms with van der Waals surface area (Å²) in [5, 5.41) is 13.6. The number of anilines is 1. The second-order valence-electron chi connectivity index (χ2n) is 4.56. The fourth-order valence-electron chi connectivity index (χ4n) is 1.63. The van der Waals surface area contributed by atoms with E-state index in [0.717, 1.165) is 12.1 Å². The number of rotatable bonds is 5. The number of esters is 1. The molecule has 1 unspecified atom stereocenters. The molecule has 1 amide bonds. The topological polar surface area (TPSA) is 112 Å². The van der Waals surface area contributed by atoms with Gasteiger partial charge in [-0.15, -0.1) is 0 Å². The Labute approximate surface area is 145 Å². The molecule has 0 bridgehead atoms. The average molecular weight is 373 g/mol. The van der Waals surface area contributed by atoms with Gasteiger partial charge in [0.1, 0.15) is 4.92 Å². The van der Waals surface area contributed by atoms with Crippen LogP contribution in [0.5, 0.6) is 0 Å². The van der Waals surface area contributed by atoms with Crippen LogP contribution in [-0.2, 0) is 9.53 Å². The maximum Gasteiger partial charge on any atom is 0.433 e. The van der Waals surface area contributed by atoms with Crippen molar-refractivity contribution in [3.05, 3.63) is 56.3 Å². The van der Waals surface area contributed by atoms with Crippen LogP contribution < -0.4 is 5.32 Å². The van der Waals surface area contributed by atoms with Crippen molar-refractivity contribution in [2.75, 3.05) is 5.32 Å². The molecule has 1 atom stereocenters. The summed E-state index contributed by atoms with van der Waals surface area (Å²) in [5.41, 5.74) is 0.294. The Morgan fingerprint density at radius 3 is 2.58 bits per heavy atom.